The first-order valence-corrected chi connectivity index (χ1v) is 7.09. The predicted molar refractivity (Wildman–Crippen MR) is 69.8 cm³/mol. The van der Waals surface area contributed by atoms with Gasteiger partial charge in [0.25, 0.3) is 0 Å². The minimum Gasteiger partial charge on any atom is -0.481 e. The molecule has 2 atom stereocenters. The Hall–Kier alpha value is -0.570. The molecule has 2 unspecified atom stereocenters. The highest BCUT2D eigenvalue weighted by molar-refractivity contribution is 5.67. The third-order valence-electron chi connectivity index (χ3n) is 4.27. The van der Waals surface area contributed by atoms with Crippen molar-refractivity contribution in [1.82, 2.24) is 0 Å². The summed E-state index contributed by atoms with van der Waals surface area (Å²) in [7, 11) is 0. The van der Waals surface area contributed by atoms with Crippen LogP contribution in [0, 0.1) is 17.8 Å². The predicted octanol–water partition coefficient (Wildman–Crippen LogP) is 3.03. The summed E-state index contributed by atoms with van der Waals surface area (Å²) in [6.45, 7) is 2.74. The van der Waals surface area contributed by atoms with Crippen molar-refractivity contribution in [2.75, 3.05) is 6.54 Å². The Morgan fingerprint density at radius 3 is 2.47 bits per heavy atom. The van der Waals surface area contributed by atoms with E-state index in [-0.39, 0.29) is 12.3 Å². The molecular weight excluding hydrogens is 214 g/mol. The van der Waals surface area contributed by atoms with E-state index >= 15 is 0 Å². The minimum absolute atomic E-state index is 0.166. The van der Waals surface area contributed by atoms with Gasteiger partial charge in [-0.1, -0.05) is 45.4 Å². The first-order valence-electron chi connectivity index (χ1n) is 7.09. The van der Waals surface area contributed by atoms with Crippen LogP contribution in [0.2, 0.25) is 0 Å². The SMILES string of the molecule is CCC(CC(CN)CC(=O)O)C1CCCCC1. The first kappa shape index (κ1) is 14.5. The standard InChI is InChI=1S/C14H27NO2/c1-2-12(13-6-4-3-5-7-13)8-11(10-15)9-14(16)17/h11-13H,2-10,15H2,1H3,(H,16,17). The molecular formula is C14H27NO2. The summed E-state index contributed by atoms with van der Waals surface area (Å²) in [4.78, 5) is 10.8. The summed E-state index contributed by atoms with van der Waals surface area (Å²) in [5.74, 6) is 0.957. The van der Waals surface area contributed by atoms with Gasteiger partial charge in [0.2, 0.25) is 0 Å². The van der Waals surface area contributed by atoms with Gasteiger partial charge in [-0.2, -0.15) is 0 Å². The van der Waals surface area contributed by atoms with E-state index in [9.17, 15) is 4.79 Å². The van der Waals surface area contributed by atoms with E-state index in [1.807, 2.05) is 0 Å². The summed E-state index contributed by atoms with van der Waals surface area (Å²) in [5.41, 5.74) is 5.69. The normalized spacial score (nSPS) is 21.1. The molecule has 0 radical (unpaired) electrons. The number of carboxylic acid groups (broad SMARTS) is 1. The van der Waals surface area contributed by atoms with Gasteiger partial charge in [-0.05, 0) is 30.7 Å². The Morgan fingerprint density at radius 2 is 2.00 bits per heavy atom. The van der Waals surface area contributed by atoms with E-state index in [4.69, 9.17) is 10.8 Å². The highest BCUT2D eigenvalue weighted by atomic mass is 16.4. The molecule has 0 aromatic rings. The van der Waals surface area contributed by atoms with Crippen molar-refractivity contribution in [3.63, 3.8) is 0 Å². The van der Waals surface area contributed by atoms with Crippen LogP contribution in [0.3, 0.4) is 0 Å². The quantitative estimate of drug-likeness (QED) is 0.720. The van der Waals surface area contributed by atoms with Gasteiger partial charge in [0, 0.05) is 6.42 Å². The van der Waals surface area contributed by atoms with Crippen LogP contribution in [-0.2, 0) is 4.79 Å². The van der Waals surface area contributed by atoms with E-state index in [1.165, 1.54) is 38.5 Å². The van der Waals surface area contributed by atoms with E-state index in [0.29, 0.717) is 12.5 Å². The highest BCUT2D eigenvalue weighted by Gasteiger charge is 2.25. The fourth-order valence-electron chi connectivity index (χ4n) is 3.24. The van der Waals surface area contributed by atoms with Crippen molar-refractivity contribution in [3.8, 4) is 0 Å². The molecule has 1 aliphatic rings. The summed E-state index contributed by atoms with van der Waals surface area (Å²) < 4.78 is 0. The van der Waals surface area contributed by atoms with Crippen LogP contribution in [0.4, 0.5) is 0 Å². The highest BCUT2D eigenvalue weighted by Crippen LogP contribution is 2.35. The fraction of sp³-hybridized carbons (Fsp3) is 0.929. The van der Waals surface area contributed by atoms with E-state index in [2.05, 4.69) is 6.92 Å². The van der Waals surface area contributed by atoms with Gasteiger partial charge in [0.15, 0.2) is 0 Å². The van der Waals surface area contributed by atoms with Gasteiger partial charge < -0.3 is 10.8 Å². The van der Waals surface area contributed by atoms with Gasteiger partial charge in [0.1, 0.15) is 0 Å². The molecule has 0 amide bonds. The molecule has 0 heterocycles. The maximum Gasteiger partial charge on any atom is 0.303 e. The molecule has 3 N–H and O–H groups in total. The Morgan fingerprint density at radius 1 is 1.35 bits per heavy atom. The summed E-state index contributed by atoms with van der Waals surface area (Å²) in [5, 5.41) is 8.86. The maximum absolute atomic E-state index is 10.8. The summed E-state index contributed by atoms with van der Waals surface area (Å²) >= 11 is 0. The number of hydrogen-bond acceptors (Lipinski definition) is 2. The van der Waals surface area contributed by atoms with E-state index in [1.54, 1.807) is 0 Å². The van der Waals surface area contributed by atoms with E-state index in [0.717, 1.165) is 12.3 Å². The Labute approximate surface area is 105 Å². The van der Waals surface area contributed by atoms with Gasteiger partial charge in [-0.3, -0.25) is 4.79 Å². The Bertz CT molecular complexity index is 224. The topological polar surface area (TPSA) is 63.3 Å². The summed E-state index contributed by atoms with van der Waals surface area (Å²) in [6.07, 6.45) is 9.17. The Kier molecular flexibility index (Phi) is 6.56. The molecule has 0 bridgehead atoms. The van der Waals surface area contributed by atoms with Crippen LogP contribution in [0.1, 0.15) is 58.3 Å². The zero-order valence-corrected chi connectivity index (χ0v) is 11.0. The smallest absolute Gasteiger partial charge is 0.303 e. The minimum atomic E-state index is -0.709. The maximum atomic E-state index is 10.8. The number of hydrogen-bond donors (Lipinski definition) is 2. The van der Waals surface area contributed by atoms with Crippen molar-refractivity contribution in [3.05, 3.63) is 0 Å². The molecule has 0 aliphatic heterocycles. The second-order valence-electron chi connectivity index (χ2n) is 5.50. The zero-order chi connectivity index (χ0) is 12.7. The molecule has 3 heteroatoms. The monoisotopic (exact) mass is 241 g/mol. The van der Waals surface area contributed by atoms with Crippen LogP contribution in [-0.4, -0.2) is 17.6 Å². The van der Waals surface area contributed by atoms with Crippen molar-refractivity contribution < 1.29 is 9.90 Å². The zero-order valence-electron chi connectivity index (χ0n) is 11.0. The van der Waals surface area contributed by atoms with E-state index < -0.39 is 5.97 Å². The number of nitrogens with two attached hydrogens (primary N) is 1. The molecule has 1 aliphatic carbocycles. The first-order chi connectivity index (χ1) is 8.17. The lowest BCUT2D eigenvalue weighted by Crippen LogP contribution is -2.25. The van der Waals surface area contributed by atoms with Gasteiger partial charge in [-0.25, -0.2) is 0 Å². The average molecular weight is 241 g/mol. The van der Waals surface area contributed by atoms with Gasteiger partial charge in [-0.15, -0.1) is 0 Å². The molecule has 1 rings (SSSR count). The van der Waals surface area contributed by atoms with Crippen molar-refractivity contribution in [2.45, 2.75) is 58.3 Å². The van der Waals surface area contributed by atoms with Gasteiger partial charge in [0.05, 0.1) is 0 Å². The second-order valence-corrected chi connectivity index (χ2v) is 5.50. The average Bonchev–Trinajstić information content (AvgIpc) is 2.35. The van der Waals surface area contributed by atoms with Crippen LogP contribution in [0.25, 0.3) is 0 Å². The number of carboxylic acids is 1. The molecule has 1 fully saturated rings. The third-order valence-corrected chi connectivity index (χ3v) is 4.27. The van der Waals surface area contributed by atoms with Crippen LogP contribution in [0.5, 0.6) is 0 Å². The van der Waals surface area contributed by atoms with Crippen LogP contribution < -0.4 is 5.73 Å². The largest absolute Gasteiger partial charge is 0.481 e. The molecule has 1 saturated carbocycles. The molecule has 100 valence electrons. The summed E-state index contributed by atoms with van der Waals surface area (Å²) in [6, 6.07) is 0. The van der Waals surface area contributed by atoms with Crippen molar-refractivity contribution in [1.29, 1.82) is 0 Å². The number of carbonyl (C=O) groups is 1. The molecule has 0 saturated heterocycles. The lowest BCUT2D eigenvalue weighted by Gasteiger charge is -2.31. The molecule has 0 spiro atoms. The number of rotatable bonds is 7. The molecule has 0 aromatic carbocycles. The fourth-order valence-corrected chi connectivity index (χ4v) is 3.24. The lowest BCUT2D eigenvalue weighted by molar-refractivity contribution is -0.138. The molecule has 17 heavy (non-hydrogen) atoms. The lowest BCUT2D eigenvalue weighted by atomic mass is 9.74. The van der Waals surface area contributed by atoms with Crippen molar-refractivity contribution >= 4 is 5.97 Å². The Balaban J connectivity index is 2.45. The molecule has 0 aromatic heterocycles. The van der Waals surface area contributed by atoms with Gasteiger partial charge >= 0.3 is 5.97 Å². The number of aliphatic carboxylic acids is 1. The van der Waals surface area contributed by atoms with Crippen LogP contribution >= 0.6 is 0 Å². The third kappa shape index (κ3) is 5.07. The second kappa shape index (κ2) is 7.70. The van der Waals surface area contributed by atoms with Crippen LogP contribution in [0.15, 0.2) is 0 Å². The van der Waals surface area contributed by atoms with Crippen molar-refractivity contribution in [2.24, 2.45) is 23.5 Å². The molecule has 3 nitrogen and oxygen atoms in total.